The van der Waals surface area contributed by atoms with Crippen molar-refractivity contribution in [3.8, 4) is 17.0 Å². The number of ether oxygens (including phenoxy) is 1. The van der Waals surface area contributed by atoms with Crippen LogP contribution in [0.1, 0.15) is 27.8 Å². The maximum atomic E-state index is 15.1. The summed E-state index contributed by atoms with van der Waals surface area (Å²) in [6.07, 6.45) is 3.18. The van der Waals surface area contributed by atoms with Gasteiger partial charge in [-0.3, -0.25) is 4.79 Å². The van der Waals surface area contributed by atoms with Crippen molar-refractivity contribution in [3.63, 3.8) is 0 Å². The van der Waals surface area contributed by atoms with Crippen molar-refractivity contribution < 1.29 is 13.9 Å². The number of rotatable bonds is 7. The molecule has 3 aromatic carbocycles. The van der Waals surface area contributed by atoms with Gasteiger partial charge in [0, 0.05) is 22.9 Å². The van der Waals surface area contributed by atoms with E-state index in [2.05, 4.69) is 32.4 Å². The predicted octanol–water partition coefficient (Wildman–Crippen LogP) is 4.26. The van der Waals surface area contributed by atoms with E-state index in [0.717, 1.165) is 5.39 Å². The van der Waals surface area contributed by atoms with Crippen molar-refractivity contribution in [1.29, 1.82) is 0 Å². The van der Waals surface area contributed by atoms with Crippen LogP contribution in [0.15, 0.2) is 67.0 Å². The van der Waals surface area contributed by atoms with E-state index in [0.29, 0.717) is 50.8 Å². The number of imidazole rings is 1. The third kappa shape index (κ3) is 4.23. The second kappa shape index (κ2) is 9.27. The van der Waals surface area contributed by atoms with Crippen molar-refractivity contribution in [2.45, 2.75) is 6.04 Å². The maximum Gasteiger partial charge on any atom is 0.249 e. The number of nitrogen functional groups attached to an aromatic ring is 1. The van der Waals surface area contributed by atoms with Gasteiger partial charge >= 0.3 is 0 Å². The zero-order valence-corrected chi connectivity index (χ0v) is 19.2. The van der Waals surface area contributed by atoms with Gasteiger partial charge in [0.2, 0.25) is 5.91 Å². The molecule has 8 nitrogen and oxygen atoms in total. The van der Waals surface area contributed by atoms with Gasteiger partial charge in [0.15, 0.2) is 0 Å². The molecule has 0 fully saturated rings. The average molecular weight is 481 g/mol. The van der Waals surface area contributed by atoms with Gasteiger partial charge in [-0.2, -0.15) is 0 Å². The third-order valence-corrected chi connectivity index (χ3v) is 5.80. The van der Waals surface area contributed by atoms with Crippen LogP contribution in [-0.2, 0) is 0 Å². The fraction of sp³-hybridized carbons (Fsp3) is 0.0741. The highest BCUT2D eigenvalue weighted by Crippen LogP contribution is 2.32. The quantitative estimate of drug-likeness (QED) is 0.275. The number of carbonyl (C=O) groups excluding carboxylic acids is 1. The standard InChI is InChI=1S/C27H21FN6O2/c1-36-17-7-9-22(28)21(13-17)24(33-16-6-8-18-15(12-16)10-11-31-25(18)29)27-32-14-23(34-27)19-4-2-3-5-20(19)26(30)35/h2-5,7,9-14,24,33H,1H3,(H2,29,31)(H2,30,35)(H,32,34). The number of anilines is 2. The molecular formula is C27H21FN6O2. The first-order chi connectivity index (χ1) is 17.4. The highest BCUT2D eigenvalue weighted by molar-refractivity contribution is 5.99. The fourth-order valence-corrected chi connectivity index (χ4v) is 4.02. The molecule has 1 amide bonds. The number of primary amides is 1. The molecule has 2 aromatic heterocycles. The highest BCUT2D eigenvalue weighted by atomic mass is 19.1. The number of hydrogen-bond acceptors (Lipinski definition) is 6. The Morgan fingerprint density at radius 1 is 1.14 bits per heavy atom. The number of carbonyl (C=O) groups is 1. The molecule has 0 saturated heterocycles. The Labute approximate surface area is 206 Å². The molecule has 0 spiro atoms. The van der Waals surface area contributed by atoms with Crippen LogP contribution in [0, 0.1) is 17.9 Å². The fourth-order valence-electron chi connectivity index (χ4n) is 4.02. The molecule has 178 valence electrons. The van der Waals surface area contributed by atoms with Gasteiger partial charge in [-0.1, -0.05) is 24.3 Å². The lowest BCUT2D eigenvalue weighted by molar-refractivity contribution is 0.100. The summed E-state index contributed by atoms with van der Waals surface area (Å²) < 4.78 is 20.4. The lowest BCUT2D eigenvalue weighted by atomic mass is 10.0. The molecule has 0 aliphatic rings. The summed E-state index contributed by atoms with van der Waals surface area (Å²) in [5.41, 5.74) is 13.8. The Kier molecular flexibility index (Phi) is 5.84. The van der Waals surface area contributed by atoms with E-state index in [1.165, 1.54) is 19.2 Å². The normalized spacial score (nSPS) is 11.6. The molecule has 6 N–H and O–H groups in total. The number of aromatic amines is 1. The minimum atomic E-state index is -0.768. The van der Waals surface area contributed by atoms with Gasteiger partial charge in [0.1, 0.15) is 29.3 Å². The summed E-state index contributed by atoms with van der Waals surface area (Å²) >= 11 is 0. The number of hydrogen-bond donors (Lipinski definition) is 4. The monoisotopic (exact) mass is 480 g/mol. The number of nitrogens with one attached hydrogen (secondary N) is 2. The second-order valence-corrected chi connectivity index (χ2v) is 8.03. The van der Waals surface area contributed by atoms with Crippen LogP contribution >= 0.6 is 0 Å². The van der Waals surface area contributed by atoms with E-state index < -0.39 is 17.8 Å². The van der Waals surface area contributed by atoms with Gasteiger partial charge in [0.25, 0.3) is 0 Å². The van der Waals surface area contributed by atoms with E-state index in [9.17, 15) is 4.79 Å². The first-order valence-electron chi connectivity index (χ1n) is 11.0. The van der Waals surface area contributed by atoms with Crippen LogP contribution in [0.2, 0.25) is 0 Å². The number of fused-ring (bicyclic) bond motifs is 1. The molecule has 0 radical (unpaired) electrons. The van der Waals surface area contributed by atoms with E-state index >= 15 is 4.39 Å². The predicted molar refractivity (Wildman–Crippen MR) is 135 cm³/mol. The number of nitrogens with two attached hydrogens (primary N) is 2. The molecule has 0 saturated carbocycles. The number of aromatic nitrogens is 3. The summed E-state index contributed by atoms with van der Waals surface area (Å²) in [5, 5.41) is 4.72. The van der Waals surface area contributed by atoms with Gasteiger partial charge in [-0.05, 0) is 47.9 Å². The van der Waals surface area contributed by atoms with Gasteiger partial charge in [-0.25, -0.2) is 14.4 Å². The van der Waals surface area contributed by atoms with Crippen molar-refractivity contribution in [1.82, 2.24) is 15.0 Å². The Morgan fingerprint density at radius 2 is 1.97 bits per heavy atom. The van der Waals surface area contributed by atoms with Gasteiger partial charge in [-0.15, -0.1) is 0 Å². The number of pyridine rings is 1. The summed E-state index contributed by atoms with van der Waals surface area (Å²) in [6, 6.07) is 20.3. The maximum absolute atomic E-state index is 15.1. The zero-order chi connectivity index (χ0) is 25.2. The summed E-state index contributed by atoms with van der Waals surface area (Å²) in [6.45, 7) is 0. The number of benzene rings is 2. The van der Waals surface area contributed by atoms with Crippen molar-refractivity contribution >= 4 is 28.2 Å². The molecule has 1 atom stereocenters. The number of amides is 1. The molecule has 0 aliphatic carbocycles. The lowest BCUT2D eigenvalue weighted by Gasteiger charge is -2.19. The lowest BCUT2D eigenvalue weighted by Crippen LogP contribution is -2.16. The molecule has 2 heterocycles. The van der Waals surface area contributed by atoms with E-state index in [-0.39, 0.29) is 0 Å². The summed E-state index contributed by atoms with van der Waals surface area (Å²) in [5.74, 6) is 0.206. The SMILES string of the molecule is COc1ccc(F)c(C(Nc2c#cc3c(N)nccc3c2)c2ncc(-c3ccccc3C(N)=O)[nH]2)c1. The number of nitrogens with zero attached hydrogens (tertiary/aromatic N) is 2. The van der Waals surface area contributed by atoms with E-state index in [1.54, 1.807) is 48.8 Å². The second-order valence-electron chi connectivity index (χ2n) is 8.03. The molecule has 0 bridgehead atoms. The largest absolute Gasteiger partial charge is 0.497 e. The van der Waals surface area contributed by atoms with Crippen LogP contribution in [0.5, 0.6) is 5.75 Å². The van der Waals surface area contributed by atoms with Crippen LogP contribution < -0.4 is 21.5 Å². The topological polar surface area (TPSA) is 132 Å². The first kappa shape index (κ1) is 22.7. The Bertz CT molecular complexity index is 1580. The molecule has 5 rings (SSSR count). The first-order valence-corrected chi connectivity index (χ1v) is 11.0. The van der Waals surface area contributed by atoms with Gasteiger partial charge in [0.05, 0.1) is 30.1 Å². The van der Waals surface area contributed by atoms with Crippen LogP contribution in [0.4, 0.5) is 15.9 Å². The average Bonchev–Trinajstić information content (AvgIpc) is 3.38. The molecule has 9 heteroatoms. The molecule has 0 aliphatic heterocycles. The third-order valence-electron chi connectivity index (χ3n) is 5.80. The number of methoxy groups -OCH3 is 1. The van der Waals surface area contributed by atoms with E-state index in [1.807, 2.05) is 6.07 Å². The number of halogens is 1. The Balaban J connectivity index is 1.60. The minimum absolute atomic E-state index is 0.293. The van der Waals surface area contributed by atoms with E-state index in [4.69, 9.17) is 16.2 Å². The van der Waals surface area contributed by atoms with Crippen LogP contribution in [-0.4, -0.2) is 28.0 Å². The van der Waals surface area contributed by atoms with Crippen molar-refractivity contribution in [2.24, 2.45) is 5.73 Å². The smallest absolute Gasteiger partial charge is 0.249 e. The molecule has 36 heavy (non-hydrogen) atoms. The zero-order valence-electron chi connectivity index (χ0n) is 19.2. The minimum Gasteiger partial charge on any atom is -0.497 e. The number of H-pyrrole nitrogens is 1. The van der Waals surface area contributed by atoms with Crippen LogP contribution in [0.25, 0.3) is 22.0 Å². The Hall–Kier alpha value is -5.10. The molecule has 5 aromatic rings. The highest BCUT2D eigenvalue weighted by Gasteiger charge is 2.23. The molecule has 1 unspecified atom stereocenters. The van der Waals surface area contributed by atoms with Crippen LogP contribution in [0.3, 0.4) is 0 Å². The summed E-state index contributed by atoms with van der Waals surface area (Å²) in [4.78, 5) is 23.7. The van der Waals surface area contributed by atoms with Gasteiger partial charge < -0.3 is 26.5 Å². The summed E-state index contributed by atoms with van der Waals surface area (Å²) in [7, 11) is 1.51. The van der Waals surface area contributed by atoms with Crippen molar-refractivity contribution in [3.05, 3.63) is 102 Å². The van der Waals surface area contributed by atoms with Crippen molar-refractivity contribution in [2.75, 3.05) is 18.2 Å². The Morgan fingerprint density at radius 3 is 2.78 bits per heavy atom. The molecular weight excluding hydrogens is 459 g/mol.